The molecule has 1 heterocycles. The van der Waals surface area contributed by atoms with Crippen LogP contribution >= 0.6 is 11.6 Å². The summed E-state index contributed by atoms with van der Waals surface area (Å²) >= 11 is 5.81. The van der Waals surface area contributed by atoms with Gasteiger partial charge in [0, 0.05) is 10.7 Å². The fourth-order valence-corrected chi connectivity index (χ4v) is 3.78. The fourth-order valence-electron chi connectivity index (χ4n) is 3.66. The molecule has 1 spiro atoms. The number of halogens is 1. The fraction of sp³-hybridized carbons (Fsp3) is 0.474. The van der Waals surface area contributed by atoms with Gasteiger partial charge < -0.3 is 10.6 Å². The van der Waals surface area contributed by atoms with Crippen molar-refractivity contribution in [2.24, 2.45) is 0 Å². The minimum atomic E-state index is -0.896. The molecular weight excluding hydrogens is 398 g/mol. The number of rotatable bonds is 6. The summed E-state index contributed by atoms with van der Waals surface area (Å²) in [7, 11) is 1.59. The Morgan fingerprint density at radius 1 is 1.10 bits per heavy atom. The molecule has 1 aromatic rings. The van der Waals surface area contributed by atoms with Crippen LogP contribution in [-0.2, 0) is 14.4 Å². The van der Waals surface area contributed by atoms with Gasteiger partial charge in [-0.3, -0.25) is 24.7 Å². The first-order chi connectivity index (χ1) is 13.8. The molecule has 1 aliphatic carbocycles. The second-order valence-corrected chi connectivity index (χ2v) is 7.91. The summed E-state index contributed by atoms with van der Waals surface area (Å²) < 4.78 is 0. The molecule has 0 atom stereocenters. The standard InChI is InChI=1S/C19H24ClN5O4/c1-24(11-15(26)21-14-7-5-13(20)6-8-14)12-16(27)23-25-17(28)19(22-18(25)29)9-3-2-4-10-19/h5-8H,2-4,9-12H2,1H3,(H,21,26)(H,22,29)(H,23,27). The molecule has 3 N–H and O–H groups in total. The van der Waals surface area contributed by atoms with Crippen molar-refractivity contribution in [3.8, 4) is 0 Å². The SMILES string of the molecule is CN(CC(=O)Nc1ccc(Cl)cc1)CC(=O)NN1C(=O)NC2(CCCCC2)C1=O. The van der Waals surface area contributed by atoms with Crippen LogP contribution in [0.2, 0.25) is 5.02 Å². The average Bonchev–Trinajstić information content (AvgIpc) is 2.88. The van der Waals surface area contributed by atoms with Crippen molar-refractivity contribution in [2.75, 3.05) is 25.5 Å². The lowest BCUT2D eigenvalue weighted by atomic mass is 9.82. The number of benzene rings is 1. The summed E-state index contributed by atoms with van der Waals surface area (Å²) in [5.41, 5.74) is 2.05. The number of carbonyl (C=O) groups is 4. The maximum atomic E-state index is 12.7. The smallest absolute Gasteiger partial charge is 0.325 e. The third-order valence-corrected chi connectivity index (χ3v) is 5.31. The summed E-state index contributed by atoms with van der Waals surface area (Å²) in [6.07, 6.45) is 3.90. The number of urea groups is 1. The molecule has 156 valence electrons. The lowest BCUT2D eigenvalue weighted by Gasteiger charge is -2.30. The van der Waals surface area contributed by atoms with E-state index in [0.29, 0.717) is 23.6 Å². The maximum absolute atomic E-state index is 12.7. The van der Waals surface area contributed by atoms with E-state index in [2.05, 4.69) is 16.1 Å². The van der Waals surface area contributed by atoms with Crippen molar-refractivity contribution < 1.29 is 19.2 Å². The molecule has 5 amide bonds. The highest BCUT2D eigenvalue weighted by atomic mass is 35.5. The van der Waals surface area contributed by atoms with E-state index in [4.69, 9.17) is 11.6 Å². The maximum Gasteiger partial charge on any atom is 0.344 e. The van der Waals surface area contributed by atoms with Gasteiger partial charge in [-0.2, -0.15) is 5.01 Å². The van der Waals surface area contributed by atoms with Gasteiger partial charge in [0.05, 0.1) is 13.1 Å². The largest absolute Gasteiger partial charge is 0.344 e. The van der Waals surface area contributed by atoms with Crippen LogP contribution < -0.4 is 16.1 Å². The van der Waals surface area contributed by atoms with Crippen LogP contribution in [0.3, 0.4) is 0 Å². The van der Waals surface area contributed by atoms with E-state index in [1.807, 2.05) is 0 Å². The number of imide groups is 1. The number of nitrogens with zero attached hydrogens (tertiary/aromatic N) is 2. The summed E-state index contributed by atoms with van der Waals surface area (Å²) in [6.45, 7) is -0.196. The average molecular weight is 422 g/mol. The van der Waals surface area contributed by atoms with Crippen molar-refractivity contribution in [3.63, 3.8) is 0 Å². The van der Waals surface area contributed by atoms with Gasteiger partial charge in [-0.05, 0) is 44.2 Å². The molecule has 1 saturated carbocycles. The first kappa shape index (κ1) is 21.1. The highest BCUT2D eigenvalue weighted by Crippen LogP contribution is 2.32. The minimum absolute atomic E-state index is 0.0415. The Kier molecular flexibility index (Phi) is 6.39. The van der Waals surface area contributed by atoms with Gasteiger partial charge in [-0.25, -0.2) is 4.79 Å². The molecule has 1 aliphatic heterocycles. The Bertz CT molecular complexity index is 807. The van der Waals surface area contributed by atoms with Gasteiger partial charge in [0.15, 0.2) is 0 Å². The number of nitrogens with one attached hydrogen (secondary N) is 3. The number of hydrazine groups is 1. The first-order valence-electron chi connectivity index (χ1n) is 9.49. The number of carbonyl (C=O) groups excluding carboxylic acids is 4. The minimum Gasteiger partial charge on any atom is -0.325 e. The second-order valence-electron chi connectivity index (χ2n) is 7.48. The van der Waals surface area contributed by atoms with E-state index in [1.165, 1.54) is 4.90 Å². The van der Waals surface area contributed by atoms with Gasteiger partial charge in [-0.15, -0.1) is 0 Å². The lowest BCUT2D eigenvalue weighted by molar-refractivity contribution is -0.140. The Morgan fingerprint density at radius 2 is 1.72 bits per heavy atom. The second kappa shape index (κ2) is 8.79. The predicted octanol–water partition coefficient (Wildman–Crippen LogP) is 1.50. The molecule has 10 heteroatoms. The van der Waals surface area contributed by atoms with E-state index >= 15 is 0 Å². The molecule has 0 aromatic heterocycles. The van der Waals surface area contributed by atoms with E-state index in [0.717, 1.165) is 24.3 Å². The molecule has 2 aliphatic rings. The van der Waals surface area contributed by atoms with Gasteiger partial charge in [-0.1, -0.05) is 30.9 Å². The molecule has 3 rings (SSSR count). The lowest BCUT2D eigenvalue weighted by Crippen LogP contribution is -2.52. The van der Waals surface area contributed by atoms with Crippen LogP contribution in [0.25, 0.3) is 0 Å². The van der Waals surface area contributed by atoms with Crippen molar-refractivity contribution in [1.82, 2.24) is 20.7 Å². The first-order valence-corrected chi connectivity index (χ1v) is 9.87. The van der Waals surface area contributed by atoms with E-state index in [1.54, 1.807) is 31.3 Å². The highest BCUT2D eigenvalue weighted by Gasteiger charge is 2.52. The number of amides is 5. The van der Waals surface area contributed by atoms with Crippen molar-refractivity contribution in [3.05, 3.63) is 29.3 Å². The van der Waals surface area contributed by atoms with Gasteiger partial charge in [0.25, 0.3) is 11.8 Å². The van der Waals surface area contributed by atoms with Crippen LogP contribution in [0, 0.1) is 0 Å². The summed E-state index contributed by atoms with van der Waals surface area (Å²) in [5, 5.41) is 6.75. The van der Waals surface area contributed by atoms with Gasteiger partial charge in [0.2, 0.25) is 5.91 Å². The molecule has 0 bridgehead atoms. The van der Waals surface area contributed by atoms with Gasteiger partial charge in [0.1, 0.15) is 5.54 Å². The molecular formula is C19H24ClN5O4. The van der Waals surface area contributed by atoms with E-state index in [9.17, 15) is 19.2 Å². The zero-order valence-electron chi connectivity index (χ0n) is 16.2. The quantitative estimate of drug-likeness (QED) is 0.603. The Morgan fingerprint density at radius 3 is 2.38 bits per heavy atom. The molecule has 2 fully saturated rings. The van der Waals surface area contributed by atoms with Crippen molar-refractivity contribution in [2.45, 2.75) is 37.6 Å². The third-order valence-electron chi connectivity index (χ3n) is 5.06. The van der Waals surface area contributed by atoms with Crippen LogP contribution in [0.5, 0.6) is 0 Å². The Hall–Kier alpha value is -2.65. The summed E-state index contributed by atoms with van der Waals surface area (Å²) in [4.78, 5) is 50.7. The van der Waals surface area contributed by atoms with Gasteiger partial charge >= 0.3 is 6.03 Å². The van der Waals surface area contributed by atoms with Crippen molar-refractivity contribution >= 4 is 41.0 Å². The highest BCUT2D eigenvalue weighted by molar-refractivity contribution is 6.30. The predicted molar refractivity (Wildman–Crippen MR) is 107 cm³/mol. The molecule has 29 heavy (non-hydrogen) atoms. The van der Waals surface area contributed by atoms with E-state index < -0.39 is 23.4 Å². The number of hydrogen-bond acceptors (Lipinski definition) is 5. The number of likely N-dealkylation sites (N-methyl/N-ethyl adjacent to an activating group) is 1. The molecule has 1 saturated heterocycles. The normalized spacial score (nSPS) is 18.1. The number of anilines is 1. The molecule has 9 nitrogen and oxygen atoms in total. The van der Waals surface area contributed by atoms with Crippen LogP contribution in [0.15, 0.2) is 24.3 Å². The zero-order chi connectivity index (χ0) is 21.0. The topological polar surface area (TPSA) is 111 Å². The monoisotopic (exact) mass is 421 g/mol. The Labute approximate surface area is 173 Å². The molecule has 1 aromatic carbocycles. The van der Waals surface area contributed by atoms with Crippen LogP contribution in [0.1, 0.15) is 32.1 Å². The third kappa shape index (κ3) is 5.04. The molecule has 0 radical (unpaired) electrons. The van der Waals surface area contributed by atoms with Crippen LogP contribution in [0.4, 0.5) is 10.5 Å². The van der Waals surface area contributed by atoms with E-state index in [-0.39, 0.29) is 19.0 Å². The van der Waals surface area contributed by atoms with Crippen LogP contribution in [-0.4, -0.2) is 59.3 Å². The molecule has 0 unspecified atom stereocenters. The summed E-state index contributed by atoms with van der Waals surface area (Å²) in [5.74, 6) is -1.28. The zero-order valence-corrected chi connectivity index (χ0v) is 16.9. The Balaban J connectivity index is 1.48. The summed E-state index contributed by atoms with van der Waals surface area (Å²) in [6, 6.07) is 6.04. The number of hydrogen-bond donors (Lipinski definition) is 3. The van der Waals surface area contributed by atoms with Crippen molar-refractivity contribution in [1.29, 1.82) is 0 Å².